The van der Waals surface area contributed by atoms with Gasteiger partial charge in [-0.1, -0.05) is 55.7 Å². The summed E-state index contributed by atoms with van der Waals surface area (Å²) in [6.45, 7) is 4.39. The van der Waals surface area contributed by atoms with E-state index in [1.165, 1.54) is 43.2 Å². The smallest absolute Gasteiger partial charge is 0.335 e. The highest BCUT2D eigenvalue weighted by Crippen LogP contribution is 2.33. The Morgan fingerprint density at radius 3 is 2.19 bits per heavy atom. The minimum Gasteiger partial charge on any atom is -0.478 e. The average Bonchev–Trinajstić information content (AvgIpc) is 3.51. The number of hydrogen-bond acceptors (Lipinski definition) is 7. The highest BCUT2D eigenvalue weighted by atomic mass is 32.1. The van der Waals surface area contributed by atoms with Crippen molar-refractivity contribution in [1.82, 2.24) is 4.98 Å². The fourth-order valence-electron chi connectivity index (χ4n) is 4.80. The van der Waals surface area contributed by atoms with Gasteiger partial charge in [-0.2, -0.15) is 0 Å². The third-order valence-corrected chi connectivity index (χ3v) is 8.34. The molecule has 0 bridgehead atoms. The van der Waals surface area contributed by atoms with Crippen LogP contribution in [0, 0.1) is 0 Å². The fourth-order valence-corrected chi connectivity index (χ4v) is 5.62. The standard InChI is InChI=1S/C30H31N3O2S.C4H11NO/c1-33(27-17-13-25(14-18-27)29(34)35)30-32-28(20-36-30)24-11-15-26(16-12-24)31-19-21-7-9-23(10-8-21)22-5-3-2-4-6-22;1-4(2,5)3-6/h7-18,20,22,31H,2-6,19H2,1H3,(H,34,35);6H,3,5H2,1-2H3. The van der Waals surface area contributed by atoms with E-state index in [0.29, 0.717) is 0 Å². The van der Waals surface area contributed by atoms with E-state index in [0.717, 1.165) is 40.2 Å². The zero-order chi connectivity index (χ0) is 30.1. The Morgan fingerprint density at radius 2 is 1.62 bits per heavy atom. The molecule has 4 aromatic rings. The number of rotatable bonds is 9. The molecule has 222 valence electrons. The Balaban J connectivity index is 0.000000612. The highest BCUT2D eigenvalue weighted by molar-refractivity contribution is 7.14. The monoisotopic (exact) mass is 586 g/mol. The van der Waals surface area contributed by atoms with Gasteiger partial charge < -0.3 is 26.2 Å². The third kappa shape index (κ3) is 8.89. The summed E-state index contributed by atoms with van der Waals surface area (Å²) in [5.74, 6) is -0.178. The number of benzene rings is 3. The maximum absolute atomic E-state index is 11.1. The van der Waals surface area contributed by atoms with Crippen molar-refractivity contribution in [3.8, 4) is 11.3 Å². The van der Waals surface area contributed by atoms with Crippen molar-refractivity contribution in [3.05, 3.63) is 94.9 Å². The molecule has 0 amide bonds. The zero-order valence-electron chi connectivity index (χ0n) is 24.7. The summed E-state index contributed by atoms with van der Waals surface area (Å²) in [4.78, 5) is 17.8. The molecule has 0 aliphatic heterocycles. The summed E-state index contributed by atoms with van der Waals surface area (Å²) < 4.78 is 0. The van der Waals surface area contributed by atoms with Crippen LogP contribution in [0.15, 0.2) is 78.2 Å². The molecule has 3 aromatic carbocycles. The molecule has 1 heterocycles. The minimum atomic E-state index is -0.925. The topological polar surface area (TPSA) is 112 Å². The highest BCUT2D eigenvalue weighted by Gasteiger charge is 2.15. The maximum Gasteiger partial charge on any atom is 0.335 e. The molecule has 0 unspecified atom stereocenters. The number of nitrogens with two attached hydrogens (primary N) is 1. The lowest BCUT2D eigenvalue weighted by atomic mass is 9.84. The lowest BCUT2D eigenvalue weighted by Gasteiger charge is -2.22. The molecule has 0 spiro atoms. The third-order valence-electron chi connectivity index (χ3n) is 7.42. The van der Waals surface area contributed by atoms with Crippen LogP contribution in [0.25, 0.3) is 11.3 Å². The number of nitrogens with zero attached hydrogens (tertiary/aromatic N) is 2. The first-order valence-corrected chi connectivity index (χ1v) is 15.4. The van der Waals surface area contributed by atoms with E-state index < -0.39 is 11.5 Å². The van der Waals surface area contributed by atoms with Gasteiger partial charge in [0.1, 0.15) is 0 Å². The number of anilines is 3. The van der Waals surface area contributed by atoms with Gasteiger partial charge in [-0.25, -0.2) is 9.78 Å². The van der Waals surface area contributed by atoms with Crippen molar-refractivity contribution in [2.45, 2.75) is 64.0 Å². The molecular formula is C34H42N4O3S. The van der Waals surface area contributed by atoms with Crippen LogP contribution < -0.4 is 16.0 Å². The van der Waals surface area contributed by atoms with Crippen LogP contribution in [-0.4, -0.2) is 40.4 Å². The number of aromatic carboxylic acids is 1. The van der Waals surface area contributed by atoms with Gasteiger partial charge in [0.05, 0.1) is 17.9 Å². The van der Waals surface area contributed by atoms with Crippen LogP contribution in [0.5, 0.6) is 0 Å². The summed E-state index contributed by atoms with van der Waals surface area (Å²) in [6, 6.07) is 24.3. The number of nitrogens with one attached hydrogen (secondary N) is 1. The Labute approximate surface area is 253 Å². The SMILES string of the molecule is CC(C)(N)CO.CN(c1ccc(C(=O)O)cc1)c1nc(-c2ccc(NCc3ccc(C4CCCCC4)cc3)cc2)cs1. The molecule has 1 aliphatic carbocycles. The molecule has 0 radical (unpaired) electrons. The van der Waals surface area contributed by atoms with Gasteiger partial charge in [-0.05, 0) is 80.1 Å². The van der Waals surface area contributed by atoms with Crippen molar-refractivity contribution < 1.29 is 15.0 Å². The normalized spacial score (nSPS) is 13.6. The Morgan fingerprint density at radius 1 is 1.00 bits per heavy atom. The largest absolute Gasteiger partial charge is 0.478 e. The predicted octanol–water partition coefficient (Wildman–Crippen LogP) is 7.65. The van der Waals surface area contributed by atoms with Crippen LogP contribution in [0.1, 0.15) is 73.4 Å². The van der Waals surface area contributed by atoms with Crippen LogP contribution in [0.4, 0.5) is 16.5 Å². The number of carboxylic acid groups (broad SMARTS) is 1. The van der Waals surface area contributed by atoms with Gasteiger partial charge in [0, 0.05) is 41.4 Å². The van der Waals surface area contributed by atoms with Crippen LogP contribution >= 0.6 is 11.3 Å². The summed E-state index contributed by atoms with van der Waals surface area (Å²) >= 11 is 1.56. The quantitative estimate of drug-likeness (QED) is 0.159. The molecule has 1 saturated carbocycles. The maximum atomic E-state index is 11.1. The van der Waals surface area contributed by atoms with Gasteiger partial charge in [-0.3, -0.25) is 0 Å². The van der Waals surface area contributed by atoms with Crippen LogP contribution in [0.2, 0.25) is 0 Å². The van der Waals surface area contributed by atoms with E-state index in [1.54, 1.807) is 49.4 Å². The Kier molecular flexibility index (Phi) is 10.7. The Hall–Kier alpha value is -3.72. The Bertz CT molecular complexity index is 1410. The lowest BCUT2D eigenvalue weighted by Crippen LogP contribution is -2.35. The van der Waals surface area contributed by atoms with Gasteiger partial charge in [-0.15, -0.1) is 11.3 Å². The van der Waals surface area contributed by atoms with Crippen molar-refractivity contribution >= 4 is 33.8 Å². The van der Waals surface area contributed by atoms with Crippen molar-refractivity contribution in [3.63, 3.8) is 0 Å². The van der Waals surface area contributed by atoms with E-state index in [4.69, 9.17) is 20.9 Å². The van der Waals surface area contributed by atoms with Crippen molar-refractivity contribution in [1.29, 1.82) is 0 Å². The number of thiazole rings is 1. The molecular weight excluding hydrogens is 544 g/mol. The summed E-state index contributed by atoms with van der Waals surface area (Å²) in [5.41, 5.74) is 11.9. The molecule has 1 aliphatic rings. The number of aromatic nitrogens is 1. The van der Waals surface area contributed by atoms with Gasteiger partial charge in [0.2, 0.25) is 0 Å². The number of aliphatic hydroxyl groups excluding tert-OH is 1. The average molecular weight is 587 g/mol. The van der Waals surface area contributed by atoms with E-state index in [9.17, 15) is 4.79 Å². The molecule has 8 heteroatoms. The molecule has 42 heavy (non-hydrogen) atoms. The van der Waals surface area contributed by atoms with E-state index in [1.807, 2.05) is 17.3 Å². The molecule has 0 saturated heterocycles. The molecule has 0 atom stereocenters. The molecule has 1 fully saturated rings. The van der Waals surface area contributed by atoms with Gasteiger partial charge >= 0.3 is 5.97 Å². The lowest BCUT2D eigenvalue weighted by molar-refractivity contribution is 0.0697. The first-order valence-electron chi connectivity index (χ1n) is 14.5. The summed E-state index contributed by atoms with van der Waals surface area (Å²) in [7, 11) is 1.94. The number of carbonyl (C=O) groups is 1. The second kappa shape index (κ2) is 14.4. The van der Waals surface area contributed by atoms with Gasteiger partial charge in [0.25, 0.3) is 0 Å². The van der Waals surface area contributed by atoms with E-state index in [-0.39, 0.29) is 12.2 Å². The first kappa shape index (κ1) is 31.2. The van der Waals surface area contributed by atoms with E-state index in [2.05, 4.69) is 53.8 Å². The molecule has 1 aromatic heterocycles. The minimum absolute atomic E-state index is 0.0486. The first-order chi connectivity index (χ1) is 20.1. The second-order valence-corrected chi connectivity index (χ2v) is 12.4. The molecule has 5 rings (SSSR count). The second-order valence-electron chi connectivity index (χ2n) is 11.6. The zero-order valence-corrected chi connectivity index (χ0v) is 25.5. The van der Waals surface area contributed by atoms with Crippen molar-refractivity contribution in [2.24, 2.45) is 5.73 Å². The van der Waals surface area contributed by atoms with Crippen LogP contribution in [0.3, 0.4) is 0 Å². The predicted molar refractivity (Wildman–Crippen MR) is 174 cm³/mol. The van der Waals surface area contributed by atoms with Crippen molar-refractivity contribution in [2.75, 3.05) is 23.9 Å². The number of hydrogen-bond donors (Lipinski definition) is 4. The van der Waals surface area contributed by atoms with E-state index >= 15 is 0 Å². The summed E-state index contributed by atoms with van der Waals surface area (Å²) in [5, 5.41) is 23.8. The number of aliphatic hydroxyl groups is 1. The van der Waals surface area contributed by atoms with Gasteiger partial charge in [0.15, 0.2) is 5.13 Å². The summed E-state index contributed by atoms with van der Waals surface area (Å²) in [6.07, 6.45) is 6.79. The van der Waals surface area contributed by atoms with Crippen LogP contribution in [-0.2, 0) is 6.54 Å². The molecule has 7 nitrogen and oxygen atoms in total. The number of carboxylic acids is 1. The molecule has 5 N–H and O–H groups in total. The fraction of sp³-hybridized carbons (Fsp3) is 0.353.